The molecular weight excluding hydrogens is 290 g/mol. The second kappa shape index (κ2) is 7.02. The lowest BCUT2D eigenvalue weighted by molar-refractivity contribution is 0.463. The average Bonchev–Trinajstić information content (AvgIpc) is 2.42. The maximum atomic E-state index is 6.08. The Hall–Kier alpha value is -1.16. The number of ether oxygens (including phenoxy) is 1. The third kappa shape index (κ3) is 3.92. The van der Waals surface area contributed by atoms with Gasteiger partial charge in [-0.05, 0) is 49.4 Å². The molecule has 0 amide bonds. The third-order valence-electron chi connectivity index (χ3n) is 2.86. The summed E-state index contributed by atoms with van der Waals surface area (Å²) in [5.74, 6) is 1.62. The quantitative estimate of drug-likeness (QED) is 0.810. The van der Waals surface area contributed by atoms with Gasteiger partial charge in [-0.1, -0.05) is 29.8 Å². The molecule has 0 aliphatic rings. The van der Waals surface area contributed by atoms with Gasteiger partial charge in [0.05, 0.1) is 0 Å². The van der Waals surface area contributed by atoms with Crippen molar-refractivity contribution in [3.63, 3.8) is 0 Å². The van der Waals surface area contributed by atoms with Gasteiger partial charge in [-0.3, -0.25) is 0 Å². The monoisotopic (exact) mass is 307 g/mol. The maximum Gasteiger partial charge on any atom is 0.140 e. The van der Waals surface area contributed by atoms with E-state index in [1.807, 2.05) is 55.6 Å². The van der Waals surface area contributed by atoms with E-state index in [9.17, 15) is 0 Å². The molecule has 0 aliphatic heterocycles. The van der Waals surface area contributed by atoms with Crippen molar-refractivity contribution in [2.75, 3.05) is 6.26 Å². The van der Waals surface area contributed by atoms with Crippen LogP contribution in [0.5, 0.6) is 11.5 Å². The molecule has 0 bridgehead atoms. The van der Waals surface area contributed by atoms with Gasteiger partial charge in [-0.2, -0.15) is 0 Å². The standard InChI is InChI=1S/C16H18ClNOS/c1-11(18)9-12-7-8-13(17)10-15(12)19-14-5-3-4-6-16(14)20-2/h3-8,10-11H,9,18H2,1-2H3. The fourth-order valence-corrected chi connectivity index (χ4v) is 2.65. The Morgan fingerprint density at radius 1 is 1.20 bits per heavy atom. The van der Waals surface area contributed by atoms with Crippen LogP contribution in [-0.4, -0.2) is 12.3 Å². The van der Waals surface area contributed by atoms with Crippen LogP contribution >= 0.6 is 23.4 Å². The topological polar surface area (TPSA) is 35.2 Å². The molecule has 4 heteroatoms. The van der Waals surface area contributed by atoms with Crippen molar-refractivity contribution in [2.45, 2.75) is 24.3 Å². The average molecular weight is 308 g/mol. The molecule has 106 valence electrons. The molecule has 2 aromatic rings. The Bertz CT molecular complexity index is 586. The van der Waals surface area contributed by atoms with Crippen molar-refractivity contribution in [2.24, 2.45) is 5.73 Å². The van der Waals surface area contributed by atoms with Crippen LogP contribution in [0.2, 0.25) is 5.02 Å². The number of nitrogens with two attached hydrogens (primary N) is 1. The lowest BCUT2D eigenvalue weighted by Gasteiger charge is -2.15. The van der Waals surface area contributed by atoms with Gasteiger partial charge in [0.15, 0.2) is 0 Å². The van der Waals surface area contributed by atoms with Crippen LogP contribution in [-0.2, 0) is 6.42 Å². The van der Waals surface area contributed by atoms with E-state index in [1.54, 1.807) is 11.8 Å². The molecule has 2 aromatic carbocycles. The van der Waals surface area contributed by atoms with E-state index in [0.29, 0.717) is 5.02 Å². The minimum absolute atomic E-state index is 0.0781. The van der Waals surface area contributed by atoms with Crippen molar-refractivity contribution < 1.29 is 4.74 Å². The van der Waals surface area contributed by atoms with E-state index >= 15 is 0 Å². The van der Waals surface area contributed by atoms with Crippen LogP contribution < -0.4 is 10.5 Å². The summed E-state index contributed by atoms with van der Waals surface area (Å²) in [6.45, 7) is 1.98. The fraction of sp³-hybridized carbons (Fsp3) is 0.250. The summed E-state index contributed by atoms with van der Waals surface area (Å²) in [4.78, 5) is 1.10. The number of rotatable bonds is 5. The van der Waals surface area contributed by atoms with Gasteiger partial charge in [0.25, 0.3) is 0 Å². The lowest BCUT2D eigenvalue weighted by atomic mass is 10.1. The van der Waals surface area contributed by atoms with Crippen molar-refractivity contribution in [1.82, 2.24) is 0 Å². The predicted octanol–water partition coefficient (Wildman–Crippen LogP) is 4.74. The van der Waals surface area contributed by atoms with Crippen LogP contribution in [0.15, 0.2) is 47.4 Å². The van der Waals surface area contributed by atoms with Crippen molar-refractivity contribution in [3.8, 4) is 11.5 Å². The molecule has 0 heterocycles. The first kappa shape index (κ1) is 15.2. The van der Waals surface area contributed by atoms with Gasteiger partial charge in [0, 0.05) is 16.0 Å². The first-order valence-electron chi connectivity index (χ1n) is 6.45. The van der Waals surface area contributed by atoms with E-state index in [4.69, 9.17) is 22.1 Å². The number of halogens is 1. The summed E-state index contributed by atoms with van der Waals surface area (Å²) >= 11 is 7.73. The summed E-state index contributed by atoms with van der Waals surface area (Å²) in [5.41, 5.74) is 6.96. The van der Waals surface area contributed by atoms with Crippen molar-refractivity contribution in [3.05, 3.63) is 53.1 Å². The van der Waals surface area contributed by atoms with E-state index in [-0.39, 0.29) is 6.04 Å². The minimum atomic E-state index is 0.0781. The van der Waals surface area contributed by atoms with Gasteiger partial charge >= 0.3 is 0 Å². The molecule has 0 aromatic heterocycles. The highest BCUT2D eigenvalue weighted by Crippen LogP contribution is 2.34. The smallest absolute Gasteiger partial charge is 0.140 e. The zero-order valence-corrected chi connectivity index (χ0v) is 13.2. The van der Waals surface area contributed by atoms with Crippen LogP contribution in [0.1, 0.15) is 12.5 Å². The molecule has 2 nitrogen and oxygen atoms in total. The molecule has 1 atom stereocenters. The lowest BCUT2D eigenvalue weighted by Crippen LogP contribution is -2.18. The molecule has 1 unspecified atom stereocenters. The summed E-state index contributed by atoms with van der Waals surface area (Å²) < 4.78 is 6.05. The van der Waals surface area contributed by atoms with Gasteiger partial charge in [0.1, 0.15) is 11.5 Å². The van der Waals surface area contributed by atoms with E-state index in [1.165, 1.54) is 0 Å². The van der Waals surface area contributed by atoms with Gasteiger partial charge in [-0.25, -0.2) is 0 Å². The molecule has 0 spiro atoms. The van der Waals surface area contributed by atoms with Gasteiger partial charge in [0.2, 0.25) is 0 Å². The Kier molecular flexibility index (Phi) is 5.35. The third-order valence-corrected chi connectivity index (χ3v) is 3.87. The molecule has 0 fully saturated rings. The highest BCUT2D eigenvalue weighted by atomic mass is 35.5. The van der Waals surface area contributed by atoms with E-state index < -0.39 is 0 Å². The summed E-state index contributed by atoms with van der Waals surface area (Å²) in [5, 5.41) is 0.662. The Labute approximate surface area is 129 Å². The van der Waals surface area contributed by atoms with Crippen LogP contribution in [0.25, 0.3) is 0 Å². The van der Waals surface area contributed by atoms with Crippen molar-refractivity contribution >= 4 is 23.4 Å². The summed E-state index contributed by atoms with van der Waals surface area (Å²) in [6, 6.07) is 13.7. The highest BCUT2D eigenvalue weighted by Gasteiger charge is 2.10. The highest BCUT2D eigenvalue weighted by molar-refractivity contribution is 7.98. The first-order valence-corrected chi connectivity index (χ1v) is 8.05. The first-order chi connectivity index (χ1) is 9.60. The zero-order chi connectivity index (χ0) is 14.5. The molecule has 2 rings (SSSR count). The number of thioether (sulfide) groups is 1. The SMILES string of the molecule is CSc1ccccc1Oc1cc(Cl)ccc1CC(C)N. The molecule has 20 heavy (non-hydrogen) atoms. The number of para-hydroxylation sites is 1. The minimum Gasteiger partial charge on any atom is -0.456 e. The Balaban J connectivity index is 2.34. The fourth-order valence-electron chi connectivity index (χ4n) is 1.96. The van der Waals surface area contributed by atoms with Crippen LogP contribution in [0.4, 0.5) is 0 Å². The molecule has 0 saturated carbocycles. The molecule has 0 radical (unpaired) electrons. The maximum absolute atomic E-state index is 6.08. The number of benzene rings is 2. The van der Waals surface area contributed by atoms with E-state index in [0.717, 1.165) is 28.4 Å². The zero-order valence-electron chi connectivity index (χ0n) is 11.6. The summed E-state index contributed by atoms with van der Waals surface area (Å²) in [6.07, 6.45) is 2.79. The molecule has 0 aliphatic carbocycles. The predicted molar refractivity (Wildman–Crippen MR) is 87.1 cm³/mol. The summed E-state index contributed by atoms with van der Waals surface area (Å²) in [7, 11) is 0. The van der Waals surface area contributed by atoms with Gasteiger partial charge < -0.3 is 10.5 Å². The normalized spacial score (nSPS) is 12.2. The second-order valence-electron chi connectivity index (χ2n) is 4.69. The number of hydrogen-bond donors (Lipinski definition) is 1. The molecule has 0 saturated heterocycles. The van der Waals surface area contributed by atoms with Gasteiger partial charge in [-0.15, -0.1) is 11.8 Å². The number of hydrogen-bond acceptors (Lipinski definition) is 3. The Morgan fingerprint density at radius 3 is 2.65 bits per heavy atom. The van der Waals surface area contributed by atoms with Crippen LogP contribution in [0.3, 0.4) is 0 Å². The molecular formula is C16H18ClNOS. The van der Waals surface area contributed by atoms with Crippen molar-refractivity contribution in [1.29, 1.82) is 0 Å². The Morgan fingerprint density at radius 2 is 1.95 bits per heavy atom. The van der Waals surface area contributed by atoms with Crippen LogP contribution in [0, 0.1) is 0 Å². The largest absolute Gasteiger partial charge is 0.456 e. The van der Waals surface area contributed by atoms with E-state index in [2.05, 4.69) is 0 Å². The second-order valence-corrected chi connectivity index (χ2v) is 5.97. The molecule has 2 N–H and O–H groups in total.